The molecule has 0 aromatic carbocycles. The minimum absolute atomic E-state index is 0.0954. The van der Waals surface area contributed by atoms with Gasteiger partial charge in [0.25, 0.3) is 0 Å². The Balaban J connectivity index is 2.38. The highest BCUT2D eigenvalue weighted by atomic mass is 32.1. The Hall–Kier alpha value is -1.18. The largest absolute Gasteiger partial charge is 0.382 e. The van der Waals surface area contributed by atoms with Gasteiger partial charge in [0.15, 0.2) is 5.96 Å². The van der Waals surface area contributed by atoms with Crippen LogP contribution in [0.25, 0.3) is 0 Å². The number of rotatable bonds is 10. The SMILES string of the molecule is CCNC(=NCc1csc(C(C)(C)C)n1)NCCCOCCOC. The van der Waals surface area contributed by atoms with Crippen LogP contribution in [0.1, 0.15) is 44.8 Å². The molecule has 0 spiro atoms. The van der Waals surface area contributed by atoms with Crippen LogP contribution < -0.4 is 10.6 Å². The van der Waals surface area contributed by atoms with E-state index in [2.05, 4.69) is 53.7 Å². The molecule has 1 aromatic heterocycles. The molecule has 0 aliphatic heterocycles. The number of guanidine groups is 1. The first kappa shape index (κ1) is 20.9. The lowest BCUT2D eigenvalue weighted by molar-refractivity contribution is 0.0698. The molecule has 0 aliphatic carbocycles. The predicted molar refractivity (Wildman–Crippen MR) is 101 cm³/mol. The molecule has 1 aromatic rings. The maximum atomic E-state index is 5.45. The normalized spacial score (nSPS) is 12.5. The second-order valence-electron chi connectivity index (χ2n) is 6.47. The topological polar surface area (TPSA) is 67.8 Å². The van der Waals surface area contributed by atoms with E-state index in [1.165, 1.54) is 0 Å². The lowest BCUT2D eigenvalue weighted by Gasteiger charge is -2.13. The van der Waals surface area contributed by atoms with E-state index < -0.39 is 0 Å². The van der Waals surface area contributed by atoms with Crippen molar-refractivity contribution >= 4 is 17.3 Å². The van der Waals surface area contributed by atoms with E-state index in [-0.39, 0.29) is 5.41 Å². The van der Waals surface area contributed by atoms with Gasteiger partial charge in [0.1, 0.15) is 0 Å². The Morgan fingerprint density at radius 2 is 2.04 bits per heavy atom. The summed E-state index contributed by atoms with van der Waals surface area (Å²) in [6, 6.07) is 0. The van der Waals surface area contributed by atoms with Gasteiger partial charge in [-0.25, -0.2) is 9.98 Å². The van der Waals surface area contributed by atoms with E-state index in [1.54, 1.807) is 18.4 Å². The number of ether oxygens (including phenoxy) is 2. The van der Waals surface area contributed by atoms with Crippen molar-refractivity contribution in [3.05, 3.63) is 16.1 Å². The highest BCUT2D eigenvalue weighted by molar-refractivity contribution is 7.09. The van der Waals surface area contributed by atoms with Gasteiger partial charge in [-0.2, -0.15) is 0 Å². The lowest BCUT2D eigenvalue weighted by Crippen LogP contribution is -2.38. The van der Waals surface area contributed by atoms with E-state index in [0.29, 0.717) is 19.8 Å². The zero-order chi connectivity index (χ0) is 17.8. The first-order valence-corrected chi connectivity index (χ1v) is 9.39. The molecule has 138 valence electrons. The van der Waals surface area contributed by atoms with E-state index >= 15 is 0 Å². The molecule has 0 aliphatic rings. The van der Waals surface area contributed by atoms with Crippen LogP contribution in [0.15, 0.2) is 10.4 Å². The standard InChI is InChI=1S/C17H32N4O2S/c1-6-18-16(19-8-7-9-23-11-10-22-5)20-12-14-13-24-15(21-14)17(2,3)4/h13H,6-12H2,1-5H3,(H2,18,19,20). The van der Waals surface area contributed by atoms with Crippen LogP contribution >= 0.6 is 11.3 Å². The summed E-state index contributed by atoms with van der Waals surface area (Å²) in [5.41, 5.74) is 1.11. The van der Waals surface area contributed by atoms with Gasteiger partial charge in [-0.15, -0.1) is 11.3 Å². The summed E-state index contributed by atoms with van der Waals surface area (Å²) in [7, 11) is 1.68. The summed E-state index contributed by atoms with van der Waals surface area (Å²) in [5.74, 6) is 0.819. The van der Waals surface area contributed by atoms with Gasteiger partial charge in [0, 0.05) is 37.6 Å². The smallest absolute Gasteiger partial charge is 0.191 e. The molecule has 6 nitrogen and oxygen atoms in total. The number of aromatic nitrogens is 1. The maximum absolute atomic E-state index is 5.45. The quantitative estimate of drug-likeness (QED) is 0.383. The van der Waals surface area contributed by atoms with Crippen molar-refractivity contribution in [3.63, 3.8) is 0 Å². The summed E-state index contributed by atoms with van der Waals surface area (Å²) in [6.45, 7) is 12.8. The minimum atomic E-state index is 0.0954. The average molecular weight is 357 g/mol. The van der Waals surface area contributed by atoms with Crippen molar-refractivity contribution in [1.82, 2.24) is 15.6 Å². The molecule has 0 amide bonds. The number of nitrogens with zero attached hydrogens (tertiary/aromatic N) is 2. The van der Waals surface area contributed by atoms with Gasteiger partial charge >= 0.3 is 0 Å². The molecule has 1 rings (SSSR count). The van der Waals surface area contributed by atoms with Crippen LogP contribution in [0.3, 0.4) is 0 Å². The van der Waals surface area contributed by atoms with E-state index in [0.717, 1.165) is 42.8 Å². The van der Waals surface area contributed by atoms with Gasteiger partial charge in [-0.05, 0) is 13.3 Å². The minimum Gasteiger partial charge on any atom is -0.382 e. The predicted octanol–water partition coefficient (Wildman–Crippen LogP) is 2.55. The van der Waals surface area contributed by atoms with Gasteiger partial charge in [-0.1, -0.05) is 20.8 Å². The molecule has 1 heterocycles. The number of hydrogen-bond donors (Lipinski definition) is 2. The van der Waals surface area contributed by atoms with Gasteiger partial charge < -0.3 is 20.1 Å². The summed E-state index contributed by atoms with van der Waals surface area (Å²) in [5, 5.41) is 9.82. The molecule has 0 radical (unpaired) electrons. The number of hydrogen-bond acceptors (Lipinski definition) is 5. The average Bonchev–Trinajstić information content (AvgIpc) is 3.01. The Labute approximate surface area is 150 Å². The van der Waals surface area contributed by atoms with Gasteiger partial charge in [0.05, 0.1) is 30.5 Å². The fourth-order valence-corrected chi connectivity index (χ4v) is 2.75. The molecule has 0 atom stereocenters. The Kier molecular flexibility index (Phi) is 9.90. The van der Waals surface area contributed by atoms with Crippen LogP contribution in [0.2, 0.25) is 0 Å². The van der Waals surface area contributed by atoms with E-state index in [4.69, 9.17) is 9.47 Å². The molecule has 7 heteroatoms. The number of aliphatic imine (C=N–C) groups is 1. The van der Waals surface area contributed by atoms with Crippen molar-refractivity contribution in [1.29, 1.82) is 0 Å². The highest BCUT2D eigenvalue weighted by Crippen LogP contribution is 2.25. The molecule has 0 saturated heterocycles. The molecule has 24 heavy (non-hydrogen) atoms. The third-order valence-electron chi connectivity index (χ3n) is 3.13. The Morgan fingerprint density at radius 1 is 1.25 bits per heavy atom. The molecule has 0 unspecified atom stereocenters. The molecular weight excluding hydrogens is 324 g/mol. The molecular formula is C17H32N4O2S. The van der Waals surface area contributed by atoms with Crippen LogP contribution in [-0.4, -0.2) is 51.0 Å². The first-order valence-electron chi connectivity index (χ1n) is 8.51. The lowest BCUT2D eigenvalue weighted by atomic mass is 9.98. The number of methoxy groups -OCH3 is 1. The van der Waals surface area contributed by atoms with E-state index in [1.807, 2.05) is 0 Å². The maximum Gasteiger partial charge on any atom is 0.191 e. The second-order valence-corrected chi connectivity index (χ2v) is 7.33. The fraction of sp³-hybridized carbons (Fsp3) is 0.765. The number of nitrogens with one attached hydrogen (secondary N) is 2. The van der Waals surface area contributed by atoms with Crippen LogP contribution in [0, 0.1) is 0 Å². The van der Waals surface area contributed by atoms with Crippen molar-refractivity contribution < 1.29 is 9.47 Å². The monoisotopic (exact) mass is 356 g/mol. The third kappa shape index (κ3) is 8.61. The van der Waals surface area contributed by atoms with Crippen molar-refractivity contribution in [3.8, 4) is 0 Å². The van der Waals surface area contributed by atoms with Crippen molar-refractivity contribution in [2.45, 2.75) is 46.1 Å². The summed E-state index contributed by atoms with van der Waals surface area (Å²) in [6.07, 6.45) is 0.930. The van der Waals surface area contributed by atoms with Crippen LogP contribution in [0.5, 0.6) is 0 Å². The molecule has 2 N–H and O–H groups in total. The second kappa shape index (κ2) is 11.4. The van der Waals surface area contributed by atoms with Gasteiger partial charge in [-0.3, -0.25) is 0 Å². The van der Waals surface area contributed by atoms with Crippen LogP contribution in [0.4, 0.5) is 0 Å². The molecule has 0 saturated carbocycles. The van der Waals surface area contributed by atoms with Crippen molar-refractivity contribution in [2.24, 2.45) is 4.99 Å². The molecule has 0 fully saturated rings. The number of thiazole rings is 1. The van der Waals surface area contributed by atoms with E-state index in [9.17, 15) is 0 Å². The summed E-state index contributed by atoms with van der Waals surface area (Å²) >= 11 is 1.70. The highest BCUT2D eigenvalue weighted by Gasteiger charge is 2.17. The van der Waals surface area contributed by atoms with Crippen molar-refractivity contribution in [2.75, 3.05) is 40.0 Å². The zero-order valence-electron chi connectivity index (χ0n) is 15.6. The van der Waals surface area contributed by atoms with Gasteiger partial charge in [0.2, 0.25) is 0 Å². The summed E-state index contributed by atoms with van der Waals surface area (Å²) in [4.78, 5) is 9.28. The zero-order valence-corrected chi connectivity index (χ0v) is 16.5. The third-order valence-corrected chi connectivity index (χ3v) is 4.44. The fourth-order valence-electron chi connectivity index (χ4n) is 1.85. The Bertz CT molecular complexity index is 483. The van der Waals surface area contributed by atoms with Crippen LogP contribution in [-0.2, 0) is 21.4 Å². The molecule has 0 bridgehead atoms. The summed E-state index contributed by atoms with van der Waals surface area (Å²) < 4.78 is 10.4. The Morgan fingerprint density at radius 3 is 2.67 bits per heavy atom. The first-order chi connectivity index (χ1) is 11.5.